The Morgan fingerprint density at radius 1 is 1.38 bits per heavy atom. The van der Waals surface area contributed by atoms with Crippen molar-refractivity contribution in [2.24, 2.45) is 10.8 Å². The highest BCUT2D eigenvalue weighted by Gasteiger charge is 2.12. The minimum Gasteiger partial charge on any atom is -0.490 e. The first-order valence-electron chi connectivity index (χ1n) is 6.74. The Hall–Kier alpha value is -2.08. The Kier molecular flexibility index (Phi) is 7.25. The number of nitrogens with two attached hydrogens (primary N) is 1. The molecule has 5 nitrogen and oxygen atoms in total. The van der Waals surface area contributed by atoms with Crippen LogP contribution in [0.2, 0.25) is 0 Å². The molecule has 0 radical (unpaired) electrons. The number of hydrogen-bond acceptors (Lipinski definition) is 4. The van der Waals surface area contributed by atoms with Crippen LogP contribution in [-0.2, 0) is 6.42 Å². The lowest BCUT2D eigenvalue weighted by Crippen LogP contribution is -2.24. The first-order chi connectivity index (χ1) is 10.1. The molecule has 0 aliphatic heterocycles. The zero-order valence-electron chi connectivity index (χ0n) is 12.4. The molecule has 0 aromatic heterocycles. The van der Waals surface area contributed by atoms with Crippen LogP contribution in [0.15, 0.2) is 29.9 Å². The zero-order chi connectivity index (χ0) is 15.7. The summed E-state index contributed by atoms with van der Waals surface area (Å²) in [5.74, 6) is 1.44. The predicted octanol–water partition coefficient (Wildman–Crippen LogP) is 2.38. The van der Waals surface area contributed by atoms with Crippen molar-refractivity contribution >= 4 is 23.5 Å². The SMILES string of the molecule is C=CCc1cc(C=NNC(N)=S)cc(OCC)c1OCC. The van der Waals surface area contributed by atoms with Crippen LogP contribution in [0.25, 0.3) is 0 Å². The van der Waals surface area contributed by atoms with Gasteiger partial charge < -0.3 is 15.2 Å². The Morgan fingerprint density at radius 3 is 2.67 bits per heavy atom. The van der Waals surface area contributed by atoms with E-state index in [0.717, 1.165) is 16.9 Å². The van der Waals surface area contributed by atoms with E-state index in [2.05, 4.69) is 17.1 Å². The molecule has 0 saturated heterocycles. The molecule has 0 aliphatic carbocycles. The normalized spacial score (nSPS) is 10.4. The first-order valence-corrected chi connectivity index (χ1v) is 7.15. The van der Waals surface area contributed by atoms with Crippen molar-refractivity contribution in [1.82, 2.24) is 5.43 Å². The minimum absolute atomic E-state index is 0.119. The average molecular weight is 307 g/mol. The molecule has 114 valence electrons. The average Bonchev–Trinajstić information content (AvgIpc) is 2.42. The third-order valence-corrected chi connectivity index (χ3v) is 2.59. The van der Waals surface area contributed by atoms with Gasteiger partial charge in [-0.25, -0.2) is 0 Å². The molecule has 0 unspecified atom stereocenters. The predicted molar refractivity (Wildman–Crippen MR) is 90.2 cm³/mol. The van der Waals surface area contributed by atoms with Gasteiger partial charge in [-0.2, -0.15) is 5.10 Å². The molecule has 6 heteroatoms. The molecule has 21 heavy (non-hydrogen) atoms. The van der Waals surface area contributed by atoms with Crippen molar-refractivity contribution in [2.45, 2.75) is 20.3 Å². The molecule has 0 heterocycles. The molecular weight excluding hydrogens is 286 g/mol. The van der Waals surface area contributed by atoms with Gasteiger partial charge in [0.05, 0.1) is 19.4 Å². The second-order valence-corrected chi connectivity index (χ2v) is 4.54. The highest BCUT2D eigenvalue weighted by Crippen LogP contribution is 2.33. The number of nitrogens with one attached hydrogen (secondary N) is 1. The van der Waals surface area contributed by atoms with Crippen molar-refractivity contribution in [3.05, 3.63) is 35.9 Å². The van der Waals surface area contributed by atoms with Crippen LogP contribution in [0.4, 0.5) is 0 Å². The molecule has 0 amide bonds. The van der Waals surface area contributed by atoms with Gasteiger partial charge in [-0.05, 0) is 50.2 Å². The van der Waals surface area contributed by atoms with Gasteiger partial charge in [0.25, 0.3) is 0 Å². The standard InChI is InChI=1S/C15H21N3O2S/c1-4-7-12-8-11(10-17-18-15(16)21)9-13(19-5-2)14(12)20-6-3/h4,8-10H,1,5-7H2,2-3H3,(H3,16,18,21). The van der Waals surface area contributed by atoms with Gasteiger partial charge in [0.1, 0.15) is 0 Å². The second kappa shape index (κ2) is 8.97. The fourth-order valence-corrected chi connectivity index (χ4v) is 1.86. The third kappa shape index (κ3) is 5.43. The first kappa shape index (κ1) is 17.0. The van der Waals surface area contributed by atoms with Crippen molar-refractivity contribution in [3.8, 4) is 11.5 Å². The van der Waals surface area contributed by atoms with Crippen molar-refractivity contribution < 1.29 is 9.47 Å². The number of allylic oxidation sites excluding steroid dienone is 1. The van der Waals surface area contributed by atoms with Crippen LogP contribution >= 0.6 is 12.2 Å². The fraction of sp³-hybridized carbons (Fsp3) is 0.333. The van der Waals surface area contributed by atoms with E-state index in [4.69, 9.17) is 27.4 Å². The quantitative estimate of drug-likeness (QED) is 0.334. The van der Waals surface area contributed by atoms with E-state index >= 15 is 0 Å². The van der Waals surface area contributed by atoms with Crippen molar-refractivity contribution in [3.63, 3.8) is 0 Å². The smallest absolute Gasteiger partial charge is 0.184 e. The summed E-state index contributed by atoms with van der Waals surface area (Å²) in [5, 5.41) is 4.07. The van der Waals surface area contributed by atoms with Crippen LogP contribution in [0.3, 0.4) is 0 Å². The van der Waals surface area contributed by atoms with Gasteiger partial charge in [-0.3, -0.25) is 5.43 Å². The van der Waals surface area contributed by atoms with Crippen molar-refractivity contribution in [2.75, 3.05) is 13.2 Å². The van der Waals surface area contributed by atoms with E-state index in [1.54, 1.807) is 6.21 Å². The van der Waals surface area contributed by atoms with Crippen LogP contribution in [-0.4, -0.2) is 24.5 Å². The van der Waals surface area contributed by atoms with E-state index in [1.807, 2.05) is 32.1 Å². The number of hydrogen-bond donors (Lipinski definition) is 2. The molecule has 1 aromatic carbocycles. The molecule has 0 aliphatic rings. The van der Waals surface area contributed by atoms with Crippen molar-refractivity contribution in [1.29, 1.82) is 0 Å². The maximum atomic E-state index is 5.70. The maximum Gasteiger partial charge on any atom is 0.184 e. The second-order valence-electron chi connectivity index (χ2n) is 4.10. The number of rotatable bonds is 8. The van der Waals surface area contributed by atoms with Gasteiger partial charge >= 0.3 is 0 Å². The van der Waals surface area contributed by atoms with Gasteiger partial charge in [0, 0.05) is 5.56 Å². The molecule has 1 rings (SSSR count). The summed E-state index contributed by atoms with van der Waals surface area (Å²) < 4.78 is 11.4. The Morgan fingerprint density at radius 2 is 2.10 bits per heavy atom. The summed E-state index contributed by atoms with van der Waals surface area (Å²) in [5.41, 5.74) is 9.71. The van der Waals surface area contributed by atoms with Gasteiger partial charge in [-0.15, -0.1) is 6.58 Å². The number of thiocarbonyl (C=S) groups is 1. The molecule has 3 N–H and O–H groups in total. The lowest BCUT2D eigenvalue weighted by atomic mass is 10.1. The summed E-state index contributed by atoms with van der Waals surface area (Å²) in [6.07, 6.45) is 4.13. The lowest BCUT2D eigenvalue weighted by molar-refractivity contribution is 0.285. The van der Waals surface area contributed by atoms with E-state index < -0.39 is 0 Å². The van der Waals surface area contributed by atoms with Gasteiger partial charge in [0.2, 0.25) is 0 Å². The van der Waals surface area contributed by atoms with E-state index in [1.165, 1.54) is 0 Å². The number of hydrazone groups is 1. The summed E-state index contributed by atoms with van der Waals surface area (Å²) in [6, 6.07) is 3.84. The molecule has 0 spiro atoms. The number of nitrogens with zero attached hydrogens (tertiary/aromatic N) is 1. The summed E-state index contributed by atoms with van der Waals surface area (Å²) in [7, 11) is 0. The topological polar surface area (TPSA) is 68.9 Å². The van der Waals surface area contributed by atoms with Crippen LogP contribution in [0, 0.1) is 0 Å². The Bertz CT molecular complexity index is 530. The van der Waals surface area contributed by atoms with Crippen LogP contribution in [0.5, 0.6) is 11.5 Å². The summed E-state index contributed by atoms with van der Waals surface area (Å²) in [4.78, 5) is 0. The maximum absolute atomic E-state index is 5.70. The summed E-state index contributed by atoms with van der Waals surface area (Å²) >= 11 is 4.70. The fourth-order valence-electron chi connectivity index (χ4n) is 1.81. The van der Waals surface area contributed by atoms with E-state index in [-0.39, 0.29) is 5.11 Å². The number of ether oxygens (including phenoxy) is 2. The molecule has 0 bridgehead atoms. The highest BCUT2D eigenvalue weighted by molar-refractivity contribution is 7.80. The largest absolute Gasteiger partial charge is 0.490 e. The molecular formula is C15H21N3O2S. The van der Waals surface area contributed by atoms with E-state index in [0.29, 0.717) is 25.4 Å². The van der Waals surface area contributed by atoms with Gasteiger partial charge in [0.15, 0.2) is 16.6 Å². The minimum atomic E-state index is 0.119. The van der Waals surface area contributed by atoms with Gasteiger partial charge in [-0.1, -0.05) is 6.08 Å². The molecule has 0 saturated carbocycles. The van der Waals surface area contributed by atoms with Crippen LogP contribution < -0.4 is 20.6 Å². The van der Waals surface area contributed by atoms with E-state index in [9.17, 15) is 0 Å². The third-order valence-electron chi connectivity index (χ3n) is 2.50. The molecule has 0 atom stereocenters. The Balaban J connectivity index is 3.17. The Labute approximate surface area is 130 Å². The highest BCUT2D eigenvalue weighted by atomic mass is 32.1. The van der Waals surface area contributed by atoms with Crippen LogP contribution in [0.1, 0.15) is 25.0 Å². The number of benzene rings is 1. The molecule has 1 aromatic rings. The zero-order valence-corrected chi connectivity index (χ0v) is 13.2. The lowest BCUT2D eigenvalue weighted by Gasteiger charge is -2.15. The molecule has 0 fully saturated rings. The summed E-state index contributed by atoms with van der Waals surface area (Å²) in [6.45, 7) is 8.76. The monoisotopic (exact) mass is 307 g/mol.